The Morgan fingerprint density at radius 3 is 2.96 bits per heavy atom. The highest BCUT2D eigenvalue weighted by Crippen LogP contribution is 2.21. The molecule has 1 saturated heterocycles. The van der Waals surface area contributed by atoms with Crippen molar-refractivity contribution in [3.05, 3.63) is 51.4 Å². The van der Waals surface area contributed by atoms with Crippen molar-refractivity contribution in [2.75, 3.05) is 44.8 Å². The van der Waals surface area contributed by atoms with E-state index in [1.54, 1.807) is 0 Å². The number of anilines is 1. The molecule has 1 aromatic heterocycles. The molecule has 0 radical (unpaired) electrons. The van der Waals surface area contributed by atoms with Gasteiger partial charge in [0, 0.05) is 31.7 Å². The van der Waals surface area contributed by atoms with Crippen LogP contribution < -0.4 is 15.6 Å². The summed E-state index contributed by atoms with van der Waals surface area (Å²) >= 11 is 5.98. The van der Waals surface area contributed by atoms with Gasteiger partial charge in [0.05, 0.1) is 25.1 Å². The smallest absolute Gasteiger partial charge is 0.285 e. The van der Waals surface area contributed by atoms with E-state index in [9.17, 15) is 4.79 Å². The number of H-pyrrole nitrogens is 1. The molecule has 2 heterocycles. The molecule has 8 heteroatoms. The Kier molecular flexibility index (Phi) is 6.27. The summed E-state index contributed by atoms with van der Waals surface area (Å²) in [6.45, 7) is 5.43. The van der Waals surface area contributed by atoms with Crippen LogP contribution in [0.3, 0.4) is 0 Å². The summed E-state index contributed by atoms with van der Waals surface area (Å²) < 4.78 is 11.3. The number of benzene rings is 1. The molecule has 2 aromatic rings. The number of morpholine rings is 1. The van der Waals surface area contributed by atoms with Gasteiger partial charge in [-0.3, -0.25) is 9.69 Å². The van der Waals surface area contributed by atoms with E-state index in [4.69, 9.17) is 21.1 Å². The van der Waals surface area contributed by atoms with E-state index in [1.807, 2.05) is 24.3 Å². The first-order valence-electron chi connectivity index (χ1n) is 8.22. The number of rotatable bonds is 7. The summed E-state index contributed by atoms with van der Waals surface area (Å²) in [5, 5.41) is 9.27. The number of nitrogens with one attached hydrogen (secondary N) is 2. The molecule has 7 nitrogen and oxygen atoms in total. The van der Waals surface area contributed by atoms with E-state index in [-0.39, 0.29) is 5.02 Å². The van der Waals surface area contributed by atoms with Crippen LogP contribution in [0.5, 0.6) is 5.75 Å². The molecule has 0 atom stereocenters. The molecular weight excluding hydrogens is 344 g/mol. The van der Waals surface area contributed by atoms with Crippen LogP contribution in [0.4, 0.5) is 5.69 Å². The van der Waals surface area contributed by atoms with Crippen molar-refractivity contribution in [3.63, 3.8) is 0 Å². The van der Waals surface area contributed by atoms with Crippen LogP contribution in [-0.4, -0.2) is 54.6 Å². The fraction of sp³-hybridized carbons (Fsp3) is 0.412. The van der Waals surface area contributed by atoms with E-state index < -0.39 is 5.56 Å². The SMILES string of the molecule is O=c1[nH]ncc(NCc2ccccc2OCCN2CCOCC2)c1Cl. The molecule has 0 bridgehead atoms. The molecule has 1 aliphatic heterocycles. The Morgan fingerprint density at radius 1 is 1.32 bits per heavy atom. The highest BCUT2D eigenvalue weighted by molar-refractivity contribution is 6.32. The third kappa shape index (κ3) is 4.94. The van der Waals surface area contributed by atoms with Crippen LogP contribution in [0.25, 0.3) is 0 Å². The van der Waals surface area contributed by atoms with Crippen LogP contribution >= 0.6 is 11.6 Å². The van der Waals surface area contributed by atoms with Crippen molar-refractivity contribution in [2.24, 2.45) is 0 Å². The minimum absolute atomic E-state index is 0.0979. The van der Waals surface area contributed by atoms with E-state index in [2.05, 4.69) is 20.4 Å². The van der Waals surface area contributed by atoms with Crippen LogP contribution in [0, 0.1) is 0 Å². The fourth-order valence-corrected chi connectivity index (χ4v) is 2.76. The number of hydrogen-bond acceptors (Lipinski definition) is 6. The number of ether oxygens (including phenoxy) is 2. The van der Waals surface area contributed by atoms with Crippen molar-refractivity contribution >= 4 is 17.3 Å². The number of aromatic amines is 1. The average Bonchev–Trinajstić information content (AvgIpc) is 2.65. The summed E-state index contributed by atoms with van der Waals surface area (Å²) in [6, 6.07) is 7.80. The molecule has 2 N–H and O–H groups in total. The molecule has 0 spiro atoms. The number of halogens is 1. The van der Waals surface area contributed by atoms with Gasteiger partial charge in [0.2, 0.25) is 0 Å². The summed E-state index contributed by atoms with van der Waals surface area (Å²) in [4.78, 5) is 13.8. The van der Waals surface area contributed by atoms with Gasteiger partial charge in [-0.25, -0.2) is 5.10 Å². The van der Waals surface area contributed by atoms with Gasteiger partial charge in [-0.05, 0) is 6.07 Å². The van der Waals surface area contributed by atoms with Crippen LogP contribution in [0.2, 0.25) is 5.02 Å². The highest BCUT2D eigenvalue weighted by Gasteiger charge is 2.11. The van der Waals surface area contributed by atoms with Crippen LogP contribution in [0.1, 0.15) is 5.56 Å². The van der Waals surface area contributed by atoms with Crippen molar-refractivity contribution in [1.29, 1.82) is 0 Å². The summed E-state index contributed by atoms with van der Waals surface area (Å²) in [5.41, 5.74) is 1.07. The number of para-hydroxylation sites is 1. The first kappa shape index (κ1) is 17.7. The molecule has 1 aromatic carbocycles. The maximum atomic E-state index is 11.5. The summed E-state index contributed by atoms with van der Waals surface area (Å²) in [5.74, 6) is 0.817. The standard InChI is InChI=1S/C17H21ClN4O3/c18-16-14(12-20-21-17(16)23)19-11-13-3-1-2-4-15(13)25-10-7-22-5-8-24-9-6-22/h1-4,12H,5-11H2,(H2,19,21,23). The van der Waals surface area contributed by atoms with Gasteiger partial charge in [-0.1, -0.05) is 29.8 Å². The largest absolute Gasteiger partial charge is 0.492 e. The monoisotopic (exact) mass is 364 g/mol. The maximum absolute atomic E-state index is 11.5. The molecular formula is C17H21ClN4O3. The third-order valence-corrected chi connectivity index (χ3v) is 4.38. The Morgan fingerprint density at radius 2 is 2.12 bits per heavy atom. The molecule has 3 rings (SSSR count). The Bertz CT molecular complexity index is 747. The van der Waals surface area contributed by atoms with Gasteiger partial charge >= 0.3 is 0 Å². The van der Waals surface area contributed by atoms with Gasteiger partial charge in [-0.15, -0.1) is 0 Å². The Hall–Kier alpha value is -2.09. The Labute approximate surface area is 150 Å². The fourth-order valence-electron chi connectivity index (χ4n) is 2.60. The average molecular weight is 365 g/mol. The lowest BCUT2D eigenvalue weighted by Crippen LogP contribution is -2.38. The van der Waals surface area contributed by atoms with Gasteiger partial charge in [0.25, 0.3) is 5.56 Å². The predicted molar refractivity (Wildman–Crippen MR) is 96.4 cm³/mol. The third-order valence-electron chi connectivity index (χ3n) is 4.01. The number of hydrogen-bond donors (Lipinski definition) is 2. The van der Waals surface area contributed by atoms with E-state index in [1.165, 1.54) is 6.20 Å². The highest BCUT2D eigenvalue weighted by atomic mass is 35.5. The molecule has 0 amide bonds. The first-order valence-corrected chi connectivity index (χ1v) is 8.59. The zero-order valence-corrected chi connectivity index (χ0v) is 14.6. The lowest BCUT2D eigenvalue weighted by atomic mass is 10.2. The van der Waals surface area contributed by atoms with Crippen molar-refractivity contribution in [1.82, 2.24) is 15.1 Å². The lowest BCUT2D eigenvalue weighted by Gasteiger charge is -2.26. The Balaban J connectivity index is 1.56. The molecule has 1 fully saturated rings. The molecule has 134 valence electrons. The van der Waals surface area contributed by atoms with E-state index >= 15 is 0 Å². The molecule has 0 saturated carbocycles. The van der Waals surface area contributed by atoms with Crippen LogP contribution in [-0.2, 0) is 11.3 Å². The predicted octanol–water partition coefficient (Wildman–Crippen LogP) is 1.75. The topological polar surface area (TPSA) is 79.5 Å². The number of aromatic nitrogens is 2. The van der Waals surface area contributed by atoms with Gasteiger partial charge in [0.15, 0.2) is 0 Å². The molecule has 0 aliphatic carbocycles. The van der Waals surface area contributed by atoms with Crippen molar-refractivity contribution < 1.29 is 9.47 Å². The van der Waals surface area contributed by atoms with Crippen molar-refractivity contribution in [2.45, 2.75) is 6.54 Å². The van der Waals surface area contributed by atoms with Gasteiger partial charge in [0.1, 0.15) is 17.4 Å². The van der Waals surface area contributed by atoms with E-state index in [0.717, 1.165) is 44.2 Å². The normalized spacial score (nSPS) is 15.1. The van der Waals surface area contributed by atoms with Crippen LogP contribution in [0.15, 0.2) is 35.3 Å². The second-order valence-corrected chi connectivity index (χ2v) is 6.07. The zero-order chi connectivity index (χ0) is 17.5. The maximum Gasteiger partial charge on any atom is 0.285 e. The summed E-state index contributed by atoms with van der Waals surface area (Å²) in [7, 11) is 0. The molecule has 0 unspecified atom stereocenters. The minimum atomic E-state index is -0.415. The minimum Gasteiger partial charge on any atom is -0.492 e. The lowest BCUT2D eigenvalue weighted by molar-refractivity contribution is 0.0322. The van der Waals surface area contributed by atoms with Crippen molar-refractivity contribution in [3.8, 4) is 5.75 Å². The second kappa shape index (κ2) is 8.84. The zero-order valence-electron chi connectivity index (χ0n) is 13.8. The second-order valence-electron chi connectivity index (χ2n) is 5.69. The molecule has 25 heavy (non-hydrogen) atoms. The van der Waals surface area contributed by atoms with E-state index in [0.29, 0.717) is 18.8 Å². The number of nitrogens with zero attached hydrogens (tertiary/aromatic N) is 2. The molecule has 1 aliphatic rings. The summed E-state index contributed by atoms with van der Waals surface area (Å²) in [6.07, 6.45) is 1.49. The first-order chi connectivity index (χ1) is 12.2. The quantitative estimate of drug-likeness (QED) is 0.779. The van der Waals surface area contributed by atoms with Gasteiger partial charge in [-0.2, -0.15) is 5.10 Å². The van der Waals surface area contributed by atoms with Gasteiger partial charge < -0.3 is 14.8 Å².